The molecule has 0 spiro atoms. The van der Waals surface area contributed by atoms with E-state index < -0.39 is 17.6 Å². The largest absolute Gasteiger partial charge is 0.356 e. The lowest BCUT2D eigenvalue weighted by atomic mass is 10.1. The SMILES string of the molecule is CC(NC(=S)Nc1ccc(NC(=O)c2ccccc2F)c(C(=O)Nc2ccccc2)c1)c1ccc(F)cc1. The first-order chi connectivity index (χ1) is 18.3. The van der Waals surface area contributed by atoms with Crippen LogP contribution in [0.15, 0.2) is 97.1 Å². The fourth-order valence-electron chi connectivity index (χ4n) is 3.67. The first-order valence-electron chi connectivity index (χ1n) is 11.7. The zero-order chi connectivity index (χ0) is 27.1. The van der Waals surface area contributed by atoms with Crippen LogP contribution in [0, 0.1) is 11.6 Å². The number of amides is 2. The summed E-state index contributed by atoms with van der Waals surface area (Å²) in [6.45, 7) is 1.88. The van der Waals surface area contributed by atoms with E-state index in [1.165, 1.54) is 42.5 Å². The maximum absolute atomic E-state index is 14.2. The number of thiocarbonyl (C=S) groups is 1. The normalized spacial score (nSPS) is 11.2. The third-order valence-electron chi connectivity index (χ3n) is 5.64. The predicted molar refractivity (Wildman–Crippen MR) is 149 cm³/mol. The van der Waals surface area contributed by atoms with E-state index in [4.69, 9.17) is 12.2 Å². The summed E-state index contributed by atoms with van der Waals surface area (Å²) in [6, 6.07) is 25.0. The second kappa shape index (κ2) is 12.1. The van der Waals surface area contributed by atoms with Gasteiger partial charge in [0.25, 0.3) is 11.8 Å². The average Bonchev–Trinajstić information content (AvgIpc) is 2.90. The van der Waals surface area contributed by atoms with Crippen molar-refractivity contribution in [2.75, 3.05) is 16.0 Å². The van der Waals surface area contributed by atoms with Crippen molar-refractivity contribution < 1.29 is 18.4 Å². The molecule has 0 aliphatic carbocycles. The van der Waals surface area contributed by atoms with Gasteiger partial charge in [-0.15, -0.1) is 0 Å². The first kappa shape index (κ1) is 26.4. The average molecular weight is 531 g/mol. The second-order valence-corrected chi connectivity index (χ2v) is 8.79. The highest BCUT2D eigenvalue weighted by Gasteiger charge is 2.18. The van der Waals surface area contributed by atoms with Crippen LogP contribution in [0.25, 0.3) is 0 Å². The molecule has 2 amide bonds. The molecule has 1 unspecified atom stereocenters. The minimum Gasteiger partial charge on any atom is -0.356 e. The van der Waals surface area contributed by atoms with Crippen molar-refractivity contribution in [3.05, 3.63) is 125 Å². The summed E-state index contributed by atoms with van der Waals surface area (Å²) in [5.41, 5.74) is 2.06. The van der Waals surface area contributed by atoms with Gasteiger partial charge in [-0.25, -0.2) is 8.78 Å². The Bertz CT molecular complexity index is 1460. The molecule has 1 atom stereocenters. The Hall–Kier alpha value is -4.63. The molecule has 4 N–H and O–H groups in total. The van der Waals surface area contributed by atoms with Gasteiger partial charge in [-0.1, -0.05) is 42.5 Å². The van der Waals surface area contributed by atoms with Crippen LogP contribution in [-0.2, 0) is 0 Å². The summed E-state index contributed by atoms with van der Waals surface area (Å²) in [6.07, 6.45) is 0. The molecular weight excluding hydrogens is 506 g/mol. The molecule has 4 aromatic rings. The van der Waals surface area contributed by atoms with Crippen molar-refractivity contribution in [2.24, 2.45) is 0 Å². The fourth-order valence-corrected chi connectivity index (χ4v) is 3.97. The van der Waals surface area contributed by atoms with Gasteiger partial charge in [-0.05, 0) is 79.3 Å². The first-order valence-corrected chi connectivity index (χ1v) is 12.1. The summed E-state index contributed by atoms with van der Waals surface area (Å²) in [5.74, 6) is -2.18. The van der Waals surface area contributed by atoms with Crippen LogP contribution in [0.3, 0.4) is 0 Å². The van der Waals surface area contributed by atoms with Crippen LogP contribution in [-0.4, -0.2) is 16.9 Å². The van der Waals surface area contributed by atoms with E-state index in [9.17, 15) is 18.4 Å². The number of anilines is 3. The Kier molecular flexibility index (Phi) is 8.40. The van der Waals surface area contributed by atoms with E-state index in [1.807, 2.05) is 13.0 Å². The minimum absolute atomic E-state index is 0.137. The van der Waals surface area contributed by atoms with Gasteiger partial charge >= 0.3 is 0 Å². The third kappa shape index (κ3) is 6.77. The quantitative estimate of drug-likeness (QED) is 0.205. The summed E-state index contributed by atoms with van der Waals surface area (Å²) in [5, 5.41) is 11.8. The Morgan fingerprint density at radius 2 is 1.37 bits per heavy atom. The Labute approximate surface area is 224 Å². The molecule has 4 rings (SSSR count). The Balaban J connectivity index is 1.55. The van der Waals surface area contributed by atoms with Crippen molar-refractivity contribution in [2.45, 2.75) is 13.0 Å². The van der Waals surface area contributed by atoms with Gasteiger partial charge in [0.2, 0.25) is 0 Å². The zero-order valence-corrected chi connectivity index (χ0v) is 21.1. The molecule has 0 bridgehead atoms. The van der Waals surface area contributed by atoms with E-state index >= 15 is 0 Å². The van der Waals surface area contributed by atoms with Crippen LogP contribution in [0.1, 0.15) is 39.2 Å². The lowest BCUT2D eigenvalue weighted by molar-refractivity contribution is 0.102. The van der Waals surface area contributed by atoms with Crippen LogP contribution in [0.5, 0.6) is 0 Å². The zero-order valence-electron chi connectivity index (χ0n) is 20.3. The molecule has 38 heavy (non-hydrogen) atoms. The van der Waals surface area contributed by atoms with Gasteiger partial charge in [0.1, 0.15) is 11.6 Å². The molecule has 0 heterocycles. The van der Waals surface area contributed by atoms with Gasteiger partial charge in [0, 0.05) is 11.4 Å². The number of rotatable bonds is 7. The smallest absolute Gasteiger partial charge is 0.258 e. The van der Waals surface area contributed by atoms with E-state index in [-0.39, 0.29) is 33.8 Å². The highest BCUT2D eigenvalue weighted by Crippen LogP contribution is 2.24. The van der Waals surface area contributed by atoms with Gasteiger partial charge in [-0.3, -0.25) is 9.59 Å². The topological polar surface area (TPSA) is 82.3 Å². The van der Waals surface area contributed by atoms with Crippen molar-refractivity contribution in [3.8, 4) is 0 Å². The van der Waals surface area contributed by atoms with Crippen molar-refractivity contribution in [1.82, 2.24) is 5.32 Å². The molecular formula is C29H24F2N4O2S. The van der Waals surface area contributed by atoms with Crippen LogP contribution < -0.4 is 21.3 Å². The maximum Gasteiger partial charge on any atom is 0.258 e. The molecule has 4 aromatic carbocycles. The van der Waals surface area contributed by atoms with E-state index in [1.54, 1.807) is 48.5 Å². The Morgan fingerprint density at radius 1 is 0.711 bits per heavy atom. The molecule has 0 aliphatic rings. The molecule has 0 aromatic heterocycles. The number of carbonyl (C=O) groups is 2. The summed E-state index contributed by atoms with van der Waals surface area (Å²) >= 11 is 5.42. The van der Waals surface area contributed by atoms with E-state index in [2.05, 4.69) is 21.3 Å². The standard InChI is InChI=1S/C29H24F2N4O2S/c1-18(19-11-13-20(30)14-12-19)32-29(38)34-22-15-16-26(35-27(36)23-9-5-6-10-25(23)31)24(17-22)28(37)33-21-7-3-2-4-8-21/h2-18H,1H3,(H,33,37)(H,35,36)(H2,32,34,38). The monoisotopic (exact) mass is 530 g/mol. The lowest BCUT2D eigenvalue weighted by Crippen LogP contribution is -2.31. The molecule has 0 fully saturated rings. The molecule has 0 saturated carbocycles. The van der Waals surface area contributed by atoms with Crippen molar-refractivity contribution in [3.63, 3.8) is 0 Å². The van der Waals surface area contributed by atoms with E-state index in [0.717, 1.165) is 5.56 Å². The third-order valence-corrected chi connectivity index (χ3v) is 5.86. The van der Waals surface area contributed by atoms with Crippen LogP contribution in [0.2, 0.25) is 0 Å². The van der Waals surface area contributed by atoms with Crippen LogP contribution >= 0.6 is 12.2 Å². The highest BCUT2D eigenvalue weighted by atomic mass is 32.1. The van der Waals surface area contributed by atoms with Crippen LogP contribution in [0.4, 0.5) is 25.8 Å². The summed E-state index contributed by atoms with van der Waals surface area (Å²) in [7, 11) is 0. The molecule has 0 aliphatic heterocycles. The molecule has 6 nitrogen and oxygen atoms in total. The number of para-hydroxylation sites is 1. The van der Waals surface area contributed by atoms with Gasteiger partial charge in [0.15, 0.2) is 5.11 Å². The van der Waals surface area contributed by atoms with E-state index in [0.29, 0.717) is 11.4 Å². The number of hydrogen-bond donors (Lipinski definition) is 4. The number of benzene rings is 4. The highest BCUT2D eigenvalue weighted by molar-refractivity contribution is 7.80. The molecule has 0 saturated heterocycles. The number of halogens is 2. The van der Waals surface area contributed by atoms with Gasteiger partial charge < -0.3 is 21.3 Å². The molecule has 9 heteroatoms. The van der Waals surface area contributed by atoms with Crippen molar-refractivity contribution >= 4 is 46.2 Å². The maximum atomic E-state index is 14.2. The number of carbonyl (C=O) groups excluding carboxylic acids is 2. The lowest BCUT2D eigenvalue weighted by Gasteiger charge is -2.19. The van der Waals surface area contributed by atoms with Gasteiger partial charge in [-0.2, -0.15) is 0 Å². The Morgan fingerprint density at radius 3 is 2.08 bits per heavy atom. The van der Waals surface area contributed by atoms with Gasteiger partial charge in [0.05, 0.1) is 22.9 Å². The number of nitrogens with one attached hydrogen (secondary N) is 4. The second-order valence-electron chi connectivity index (χ2n) is 8.39. The minimum atomic E-state index is -0.692. The predicted octanol–water partition coefficient (Wildman–Crippen LogP) is 6.52. The molecule has 0 radical (unpaired) electrons. The fraction of sp³-hybridized carbons (Fsp3) is 0.0690. The molecule has 192 valence electrons. The number of hydrogen-bond acceptors (Lipinski definition) is 3. The van der Waals surface area contributed by atoms with Crippen molar-refractivity contribution in [1.29, 1.82) is 0 Å². The summed E-state index contributed by atoms with van der Waals surface area (Å²) in [4.78, 5) is 26.0. The summed E-state index contributed by atoms with van der Waals surface area (Å²) < 4.78 is 27.4.